The van der Waals surface area contributed by atoms with Crippen LogP contribution in [0.4, 0.5) is 5.82 Å². The van der Waals surface area contributed by atoms with Crippen molar-refractivity contribution in [1.82, 2.24) is 9.88 Å². The summed E-state index contributed by atoms with van der Waals surface area (Å²) in [6.07, 6.45) is 1.62. The maximum Gasteiger partial charge on any atom is 0.255 e. The lowest BCUT2D eigenvalue weighted by molar-refractivity contribution is 0.0784. The van der Waals surface area contributed by atoms with Gasteiger partial charge in [0.05, 0.1) is 5.56 Å². The lowest BCUT2D eigenvalue weighted by atomic mass is 10.1. The second-order valence-electron chi connectivity index (χ2n) is 5.11. The molecule has 21 heavy (non-hydrogen) atoms. The Morgan fingerprint density at radius 1 is 1.29 bits per heavy atom. The Morgan fingerprint density at radius 3 is 2.71 bits per heavy atom. The lowest BCUT2D eigenvalue weighted by Crippen LogP contribution is -2.26. The standard InChI is InChI=1S/C17H21N3O/c1-4-18-16-9-8-15(11-19-16)17(21)20(3)12-14-7-5-6-13(2)10-14/h5-11H,4,12H2,1-3H3,(H,18,19). The molecule has 0 saturated heterocycles. The number of nitrogens with one attached hydrogen (secondary N) is 1. The fourth-order valence-electron chi connectivity index (χ4n) is 2.18. The Balaban J connectivity index is 2.04. The molecule has 1 heterocycles. The molecule has 0 aliphatic heterocycles. The Hall–Kier alpha value is -2.36. The van der Waals surface area contributed by atoms with E-state index in [-0.39, 0.29) is 5.91 Å². The molecule has 0 fully saturated rings. The highest BCUT2D eigenvalue weighted by Crippen LogP contribution is 2.11. The molecule has 0 spiro atoms. The zero-order valence-corrected chi connectivity index (χ0v) is 12.8. The van der Waals surface area contributed by atoms with Crippen molar-refractivity contribution in [3.63, 3.8) is 0 Å². The summed E-state index contributed by atoms with van der Waals surface area (Å²) in [4.78, 5) is 18.3. The number of pyridine rings is 1. The van der Waals surface area contributed by atoms with Gasteiger partial charge in [-0.2, -0.15) is 0 Å². The molecule has 0 aliphatic rings. The molecule has 1 N–H and O–H groups in total. The van der Waals surface area contributed by atoms with Crippen molar-refractivity contribution < 1.29 is 4.79 Å². The Kier molecular flexibility index (Phi) is 4.93. The van der Waals surface area contributed by atoms with E-state index in [9.17, 15) is 4.79 Å². The van der Waals surface area contributed by atoms with Crippen LogP contribution in [0.2, 0.25) is 0 Å². The van der Waals surface area contributed by atoms with E-state index in [4.69, 9.17) is 0 Å². The Labute approximate surface area is 125 Å². The number of anilines is 1. The fourth-order valence-corrected chi connectivity index (χ4v) is 2.18. The Bertz CT molecular complexity index is 608. The number of aromatic nitrogens is 1. The number of amides is 1. The minimum Gasteiger partial charge on any atom is -0.370 e. The van der Waals surface area contributed by atoms with E-state index < -0.39 is 0 Å². The maximum atomic E-state index is 12.4. The van der Waals surface area contributed by atoms with Gasteiger partial charge in [-0.15, -0.1) is 0 Å². The molecule has 0 aliphatic carbocycles. The average Bonchev–Trinajstić information content (AvgIpc) is 2.47. The summed E-state index contributed by atoms with van der Waals surface area (Å²) in [7, 11) is 1.81. The summed E-state index contributed by atoms with van der Waals surface area (Å²) in [6.45, 7) is 5.47. The number of benzene rings is 1. The zero-order valence-electron chi connectivity index (χ0n) is 12.8. The third kappa shape index (κ3) is 4.05. The summed E-state index contributed by atoms with van der Waals surface area (Å²) < 4.78 is 0. The van der Waals surface area contributed by atoms with Gasteiger partial charge in [-0.05, 0) is 31.5 Å². The van der Waals surface area contributed by atoms with Crippen LogP contribution < -0.4 is 5.32 Å². The summed E-state index contributed by atoms with van der Waals surface area (Å²) in [5.74, 6) is 0.766. The second kappa shape index (κ2) is 6.88. The highest BCUT2D eigenvalue weighted by molar-refractivity contribution is 5.93. The number of hydrogen-bond acceptors (Lipinski definition) is 3. The number of carbonyl (C=O) groups excluding carboxylic acids is 1. The number of hydrogen-bond donors (Lipinski definition) is 1. The molecular formula is C17H21N3O. The highest BCUT2D eigenvalue weighted by atomic mass is 16.2. The van der Waals surface area contributed by atoms with Crippen LogP contribution in [-0.2, 0) is 6.54 Å². The number of aryl methyl sites for hydroxylation is 1. The first-order chi connectivity index (χ1) is 10.1. The third-order valence-corrected chi connectivity index (χ3v) is 3.22. The minimum atomic E-state index is -0.0212. The molecule has 0 unspecified atom stereocenters. The van der Waals surface area contributed by atoms with Crippen molar-refractivity contribution in [3.8, 4) is 0 Å². The van der Waals surface area contributed by atoms with Gasteiger partial charge in [-0.25, -0.2) is 4.98 Å². The normalized spacial score (nSPS) is 10.2. The quantitative estimate of drug-likeness (QED) is 0.917. The second-order valence-corrected chi connectivity index (χ2v) is 5.11. The van der Waals surface area contributed by atoms with Crippen LogP contribution in [-0.4, -0.2) is 29.4 Å². The zero-order chi connectivity index (χ0) is 15.2. The van der Waals surface area contributed by atoms with Crippen LogP contribution in [0, 0.1) is 6.92 Å². The summed E-state index contributed by atoms with van der Waals surface area (Å²) in [5.41, 5.74) is 2.93. The summed E-state index contributed by atoms with van der Waals surface area (Å²) in [6, 6.07) is 11.8. The van der Waals surface area contributed by atoms with Crippen molar-refractivity contribution in [2.75, 3.05) is 18.9 Å². The van der Waals surface area contributed by atoms with Crippen LogP contribution in [0.3, 0.4) is 0 Å². The van der Waals surface area contributed by atoms with E-state index in [1.807, 2.05) is 32.2 Å². The summed E-state index contributed by atoms with van der Waals surface area (Å²) >= 11 is 0. The first-order valence-electron chi connectivity index (χ1n) is 7.11. The van der Waals surface area contributed by atoms with Gasteiger partial charge in [-0.3, -0.25) is 4.79 Å². The Morgan fingerprint density at radius 2 is 2.10 bits per heavy atom. The fraction of sp³-hybridized carbons (Fsp3) is 0.294. The van der Waals surface area contributed by atoms with E-state index in [0.717, 1.165) is 17.9 Å². The molecule has 1 aromatic heterocycles. The first kappa shape index (κ1) is 15.0. The minimum absolute atomic E-state index is 0.0212. The van der Waals surface area contributed by atoms with Crippen molar-refractivity contribution in [2.24, 2.45) is 0 Å². The smallest absolute Gasteiger partial charge is 0.255 e. The van der Waals surface area contributed by atoms with Gasteiger partial charge in [-0.1, -0.05) is 29.8 Å². The molecule has 0 radical (unpaired) electrons. The van der Waals surface area contributed by atoms with Gasteiger partial charge in [0.2, 0.25) is 0 Å². The topological polar surface area (TPSA) is 45.2 Å². The van der Waals surface area contributed by atoms with E-state index in [2.05, 4.69) is 29.4 Å². The van der Waals surface area contributed by atoms with Crippen molar-refractivity contribution in [1.29, 1.82) is 0 Å². The monoisotopic (exact) mass is 283 g/mol. The van der Waals surface area contributed by atoms with E-state index in [0.29, 0.717) is 12.1 Å². The number of rotatable bonds is 5. The molecule has 0 atom stereocenters. The molecule has 0 saturated carbocycles. The number of nitrogens with zero attached hydrogens (tertiary/aromatic N) is 2. The first-order valence-corrected chi connectivity index (χ1v) is 7.11. The van der Waals surface area contributed by atoms with Gasteiger partial charge < -0.3 is 10.2 Å². The molecule has 4 nitrogen and oxygen atoms in total. The van der Waals surface area contributed by atoms with E-state index in [1.165, 1.54) is 5.56 Å². The van der Waals surface area contributed by atoms with Crippen molar-refractivity contribution >= 4 is 11.7 Å². The molecular weight excluding hydrogens is 262 g/mol. The van der Waals surface area contributed by atoms with Crippen LogP contribution in [0.25, 0.3) is 0 Å². The molecule has 2 rings (SSSR count). The van der Waals surface area contributed by atoms with Crippen LogP contribution in [0.5, 0.6) is 0 Å². The molecule has 0 bridgehead atoms. The highest BCUT2D eigenvalue weighted by Gasteiger charge is 2.12. The molecule has 4 heteroatoms. The number of carbonyl (C=O) groups is 1. The summed E-state index contributed by atoms with van der Waals surface area (Å²) in [5, 5.41) is 3.11. The molecule has 1 amide bonds. The molecule has 110 valence electrons. The van der Waals surface area contributed by atoms with Gasteiger partial charge in [0, 0.05) is 26.3 Å². The van der Waals surface area contributed by atoms with Gasteiger partial charge in [0.15, 0.2) is 0 Å². The van der Waals surface area contributed by atoms with Gasteiger partial charge in [0.25, 0.3) is 5.91 Å². The predicted molar refractivity (Wildman–Crippen MR) is 85.4 cm³/mol. The van der Waals surface area contributed by atoms with E-state index in [1.54, 1.807) is 17.2 Å². The van der Waals surface area contributed by atoms with Crippen molar-refractivity contribution in [2.45, 2.75) is 20.4 Å². The van der Waals surface area contributed by atoms with Gasteiger partial charge in [0.1, 0.15) is 5.82 Å². The largest absolute Gasteiger partial charge is 0.370 e. The molecule has 1 aromatic carbocycles. The van der Waals surface area contributed by atoms with Crippen LogP contribution >= 0.6 is 0 Å². The SMILES string of the molecule is CCNc1ccc(C(=O)N(C)Cc2cccc(C)c2)cn1. The lowest BCUT2D eigenvalue weighted by Gasteiger charge is -2.17. The maximum absolute atomic E-state index is 12.4. The molecule has 2 aromatic rings. The third-order valence-electron chi connectivity index (χ3n) is 3.22. The van der Waals surface area contributed by atoms with Crippen molar-refractivity contribution in [3.05, 3.63) is 59.3 Å². The van der Waals surface area contributed by atoms with Crippen LogP contribution in [0.1, 0.15) is 28.4 Å². The predicted octanol–water partition coefficient (Wildman–Crippen LogP) is 3.09. The van der Waals surface area contributed by atoms with Crippen LogP contribution in [0.15, 0.2) is 42.6 Å². The van der Waals surface area contributed by atoms with E-state index >= 15 is 0 Å². The van der Waals surface area contributed by atoms with Gasteiger partial charge >= 0.3 is 0 Å². The average molecular weight is 283 g/mol.